The van der Waals surface area contributed by atoms with E-state index in [1.807, 2.05) is 26.8 Å². The summed E-state index contributed by atoms with van der Waals surface area (Å²) in [5.41, 5.74) is 5.73. The number of hydrazone groups is 1. The molecule has 0 unspecified atom stereocenters. The molecule has 0 spiro atoms. The topological polar surface area (TPSA) is 98.8 Å². The zero-order chi connectivity index (χ0) is 23.3. The number of aryl methyl sites for hydroxylation is 1. The molecule has 9 heteroatoms. The number of rotatable bonds is 8. The molecular formula is C23H23BrN4O4. The second-order valence-electron chi connectivity index (χ2n) is 7.12. The highest BCUT2D eigenvalue weighted by molar-refractivity contribution is 9.10. The van der Waals surface area contributed by atoms with Crippen molar-refractivity contribution in [2.75, 3.05) is 6.61 Å². The number of aromatic nitrogens is 1. The van der Waals surface area contributed by atoms with E-state index in [1.54, 1.807) is 41.0 Å². The molecule has 0 saturated heterocycles. The van der Waals surface area contributed by atoms with Crippen molar-refractivity contribution in [3.8, 4) is 11.4 Å². The molecule has 1 heterocycles. The van der Waals surface area contributed by atoms with Gasteiger partial charge in [0.2, 0.25) is 0 Å². The molecule has 0 bridgehead atoms. The number of benzene rings is 2. The predicted molar refractivity (Wildman–Crippen MR) is 127 cm³/mol. The quantitative estimate of drug-likeness (QED) is 0.258. The number of nitrogens with zero attached hydrogens (tertiary/aromatic N) is 3. The average molecular weight is 499 g/mol. The van der Waals surface area contributed by atoms with Gasteiger partial charge in [-0.3, -0.25) is 14.9 Å². The van der Waals surface area contributed by atoms with Crippen molar-refractivity contribution >= 4 is 33.7 Å². The van der Waals surface area contributed by atoms with E-state index in [9.17, 15) is 14.9 Å². The molecule has 0 saturated carbocycles. The van der Waals surface area contributed by atoms with Gasteiger partial charge in [-0.1, -0.05) is 22.9 Å². The number of carbonyl (C=O) groups excluding carboxylic acids is 1. The number of halogens is 1. The van der Waals surface area contributed by atoms with Gasteiger partial charge in [-0.25, -0.2) is 5.43 Å². The smallest absolute Gasteiger partial charge is 0.294 e. The number of nitrogens with one attached hydrogen (secondary N) is 1. The lowest BCUT2D eigenvalue weighted by Gasteiger charge is -2.10. The van der Waals surface area contributed by atoms with E-state index in [2.05, 4.69) is 26.5 Å². The molecule has 3 aromatic rings. The third-order valence-corrected chi connectivity index (χ3v) is 5.30. The van der Waals surface area contributed by atoms with Gasteiger partial charge in [0.1, 0.15) is 11.4 Å². The Morgan fingerprint density at radius 3 is 2.59 bits per heavy atom. The van der Waals surface area contributed by atoms with E-state index in [-0.39, 0.29) is 11.6 Å². The highest BCUT2D eigenvalue weighted by atomic mass is 79.9. The van der Waals surface area contributed by atoms with Gasteiger partial charge in [0.05, 0.1) is 17.7 Å². The van der Waals surface area contributed by atoms with Gasteiger partial charge in [-0.05, 0) is 62.7 Å². The molecule has 0 atom stereocenters. The Morgan fingerprint density at radius 1 is 1.22 bits per heavy atom. The third-order valence-electron chi connectivity index (χ3n) is 4.80. The number of amides is 1. The SMILES string of the molecule is CCCOc1ccc(C(=O)N/N=C/c2cc(C)n(-c3ccc(Br)cc3[N+](=O)[O-])c2C)cc1. The zero-order valence-corrected chi connectivity index (χ0v) is 19.5. The van der Waals surface area contributed by atoms with E-state index < -0.39 is 4.92 Å². The fourth-order valence-electron chi connectivity index (χ4n) is 3.27. The van der Waals surface area contributed by atoms with Gasteiger partial charge in [0.25, 0.3) is 11.6 Å². The van der Waals surface area contributed by atoms with Gasteiger partial charge in [-0.15, -0.1) is 0 Å². The fourth-order valence-corrected chi connectivity index (χ4v) is 3.62. The lowest BCUT2D eigenvalue weighted by Crippen LogP contribution is -2.17. The number of nitro groups is 1. The molecule has 0 aliphatic heterocycles. The maximum absolute atomic E-state index is 12.3. The zero-order valence-electron chi connectivity index (χ0n) is 18.0. The molecule has 8 nitrogen and oxygen atoms in total. The Morgan fingerprint density at radius 2 is 1.94 bits per heavy atom. The molecule has 2 aromatic carbocycles. The van der Waals surface area contributed by atoms with Crippen LogP contribution in [-0.4, -0.2) is 28.2 Å². The number of nitro benzene ring substituents is 1. The Bertz CT molecular complexity index is 1170. The van der Waals surface area contributed by atoms with Crippen LogP contribution in [0.3, 0.4) is 0 Å². The van der Waals surface area contributed by atoms with Crippen LogP contribution in [-0.2, 0) is 0 Å². The van der Waals surface area contributed by atoms with Crippen molar-refractivity contribution in [3.63, 3.8) is 0 Å². The minimum atomic E-state index is -0.411. The van der Waals surface area contributed by atoms with Crippen molar-refractivity contribution in [3.05, 3.63) is 85.6 Å². The Balaban J connectivity index is 1.77. The van der Waals surface area contributed by atoms with Crippen molar-refractivity contribution in [1.29, 1.82) is 0 Å². The summed E-state index contributed by atoms with van der Waals surface area (Å²) in [6, 6.07) is 13.6. The van der Waals surface area contributed by atoms with Crippen molar-refractivity contribution in [2.45, 2.75) is 27.2 Å². The first-order chi connectivity index (χ1) is 15.3. The van der Waals surface area contributed by atoms with Crippen LogP contribution in [0.5, 0.6) is 5.75 Å². The van der Waals surface area contributed by atoms with Gasteiger partial charge >= 0.3 is 0 Å². The number of ether oxygens (including phenoxy) is 1. The summed E-state index contributed by atoms with van der Waals surface area (Å²) in [5.74, 6) is 0.363. The van der Waals surface area contributed by atoms with E-state index in [4.69, 9.17) is 4.74 Å². The normalized spacial score (nSPS) is 11.0. The highest BCUT2D eigenvalue weighted by Crippen LogP contribution is 2.30. The first-order valence-corrected chi connectivity index (χ1v) is 10.8. The van der Waals surface area contributed by atoms with Gasteiger partial charge < -0.3 is 9.30 Å². The molecule has 32 heavy (non-hydrogen) atoms. The minimum absolute atomic E-state index is 0.00988. The minimum Gasteiger partial charge on any atom is -0.494 e. The van der Waals surface area contributed by atoms with Gasteiger partial charge in [0.15, 0.2) is 0 Å². The van der Waals surface area contributed by atoms with Crippen LogP contribution in [0.25, 0.3) is 5.69 Å². The summed E-state index contributed by atoms with van der Waals surface area (Å²) < 4.78 is 7.94. The molecule has 0 radical (unpaired) electrons. The summed E-state index contributed by atoms with van der Waals surface area (Å²) in [6.45, 7) is 6.35. The van der Waals surface area contributed by atoms with Crippen LogP contribution in [0.15, 0.2) is 58.1 Å². The standard InChI is InChI=1S/C23H23BrN4O4/c1-4-11-32-20-8-5-17(6-9-20)23(29)26-25-14-18-12-15(2)27(16(18)3)21-10-7-19(24)13-22(21)28(30)31/h5-10,12-14H,4,11H2,1-3H3,(H,26,29)/b25-14+. The predicted octanol–water partition coefficient (Wildman–Crippen LogP) is 5.32. The maximum Gasteiger partial charge on any atom is 0.294 e. The first-order valence-electron chi connectivity index (χ1n) is 10.0. The molecule has 0 aliphatic carbocycles. The summed E-state index contributed by atoms with van der Waals surface area (Å²) in [7, 11) is 0. The van der Waals surface area contributed by atoms with Crippen LogP contribution in [0, 0.1) is 24.0 Å². The highest BCUT2D eigenvalue weighted by Gasteiger charge is 2.19. The van der Waals surface area contributed by atoms with Crippen molar-refractivity contribution < 1.29 is 14.5 Å². The number of hydrogen-bond acceptors (Lipinski definition) is 5. The Labute approximate surface area is 194 Å². The Hall–Kier alpha value is -3.46. The summed E-state index contributed by atoms with van der Waals surface area (Å²) in [5, 5.41) is 15.6. The van der Waals surface area contributed by atoms with Crippen LogP contribution in [0.4, 0.5) is 5.69 Å². The first kappa shape index (κ1) is 23.2. The maximum atomic E-state index is 12.3. The second-order valence-corrected chi connectivity index (χ2v) is 8.04. The molecule has 1 aromatic heterocycles. The molecule has 0 fully saturated rings. The van der Waals surface area contributed by atoms with Crippen LogP contribution in [0.2, 0.25) is 0 Å². The molecule has 1 amide bonds. The lowest BCUT2D eigenvalue weighted by molar-refractivity contribution is -0.384. The fraction of sp³-hybridized carbons (Fsp3) is 0.217. The number of hydrogen-bond donors (Lipinski definition) is 1. The molecule has 166 valence electrons. The largest absolute Gasteiger partial charge is 0.494 e. The Kier molecular flexibility index (Phi) is 7.42. The molecular weight excluding hydrogens is 476 g/mol. The van der Waals surface area contributed by atoms with Crippen LogP contribution >= 0.6 is 15.9 Å². The second kappa shape index (κ2) is 10.2. The van der Waals surface area contributed by atoms with Crippen molar-refractivity contribution in [1.82, 2.24) is 9.99 Å². The van der Waals surface area contributed by atoms with E-state index in [1.165, 1.54) is 12.3 Å². The average Bonchev–Trinajstić information content (AvgIpc) is 3.05. The molecule has 1 N–H and O–H groups in total. The van der Waals surface area contributed by atoms with Crippen LogP contribution in [0.1, 0.15) is 40.7 Å². The summed E-state index contributed by atoms with van der Waals surface area (Å²) in [6.07, 6.45) is 2.44. The summed E-state index contributed by atoms with van der Waals surface area (Å²) in [4.78, 5) is 23.4. The van der Waals surface area contributed by atoms with E-state index in [0.717, 1.165) is 23.4 Å². The van der Waals surface area contributed by atoms with Gasteiger partial charge in [-0.2, -0.15) is 5.10 Å². The van der Waals surface area contributed by atoms with Crippen molar-refractivity contribution in [2.24, 2.45) is 5.10 Å². The lowest BCUT2D eigenvalue weighted by atomic mass is 10.2. The number of carbonyl (C=O) groups is 1. The third kappa shape index (κ3) is 5.23. The van der Waals surface area contributed by atoms with E-state index in [0.29, 0.717) is 28.1 Å². The monoisotopic (exact) mass is 498 g/mol. The summed E-state index contributed by atoms with van der Waals surface area (Å²) >= 11 is 3.28. The van der Waals surface area contributed by atoms with Gasteiger partial charge in [0, 0.05) is 33.1 Å². The van der Waals surface area contributed by atoms with Crippen LogP contribution < -0.4 is 10.2 Å². The molecule has 0 aliphatic rings. The molecule has 3 rings (SSSR count). The van der Waals surface area contributed by atoms with E-state index >= 15 is 0 Å².